The molecule has 2 heteroatoms. The second-order valence-corrected chi connectivity index (χ2v) is 3.07. The Hall–Kier alpha value is -1.49. The standard InChI is InChI=1S/C12H14FN/c1-3-4-5-8-14-11-7-6-10(2)12(13)9-11/h6-7,9,14H,5,8H2,1-2H3. The molecule has 0 atom stereocenters. The molecule has 0 aliphatic carbocycles. The molecule has 0 unspecified atom stereocenters. The number of aryl methyl sites for hydroxylation is 1. The monoisotopic (exact) mass is 191 g/mol. The molecule has 74 valence electrons. The molecule has 1 N–H and O–H groups in total. The predicted molar refractivity (Wildman–Crippen MR) is 57.7 cm³/mol. The summed E-state index contributed by atoms with van der Waals surface area (Å²) < 4.78 is 13.1. The van der Waals surface area contributed by atoms with E-state index in [4.69, 9.17) is 0 Å². The molecule has 0 saturated heterocycles. The second-order valence-electron chi connectivity index (χ2n) is 3.07. The highest BCUT2D eigenvalue weighted by Crippen LogP contribution is 2.13. The zero-order chi connectivity index (χ0) is 10.4. The first-order valence-electron chi connectivity index (χ1n) is 4.63. The van der Waals surface area contributed by atoms with Gasteiger partial charge in [-0.1, -0.05) is 6.07 Å². The molecule has 0 aliphatic heterocycles. The number of rotatable bonds is 3. The molecule has 0 saturated carbocycles. The van der Waals surface area contributed by atoms with Crippen molar-refractivity contribution in [2.75, 3.05) is 11.9 Å². The van der Waals surface area contributed by atoms with Crippen LogP contribution in [0.25, 0.3) is 0 Å². The van der Waals surface area contributed by atoms with Crippen LogP contribution in [0.2, 0.25) is 0 Å². The lowest BCUT2D eigenvalue weighted by Crippen LogP contribution is -2.00. The van der Waals surface area contributed by atoms with Gasteiger partial charge >= 0.3 is 0 Å². The zero-order valence-corrected chi connectivity index (χ0v) is 8.52. The Morgan fingerprint density at radius 2 is 2.21 bits per heavy atom. The van der Waals surface area contributed by atoms with E-state index < -0.39 is 0 Å². The third kappa shape index (κ3) is 3.10. The normalized spacial score (nSPS) is 9.07. The lowest BCUT2D eigenvalue weighted by Gasteiger charge is -2.04. The maximum Gasteiger partial charge on any atom is 0.128 e. The smallest absolute Gasteiger partial charge is 0.128 e. The summed E-state index contributed by atoms with van der Waals surface area (Å²) in [7, 11) is 0. The highest BCUT2D eigenvalue weighted by atomic mass is 19.1. The molecule has 0 spiro atoms. The van der Waals surface area contributed by atoms with Crippen LogP contribution >= 0.6 is 0 Å². The highest BCUT2D eigenvalue weighted by molar-refractivity contribution is 5.45. The molecule has 1 rings (SSSR count). The van der Waals surface area contributed by atoms with E-state index >= 15 is 0 Å². The van der Waals surface area contributed by atoms with Crippen molar-refractivity contribution in [3.63, 3.8) is 0 Å². The van der Waals surface area contributed by atoms with E-state index in [0.29, 0.717) is 5.56 Å². The summed E-state index contributed by atoms with van der Waals surface area (Å²) in [5.41, 5.74) is 1.48. The first-order valence-corrected chi connectivity index (χ1v) is 4.63. The minimum Gasteiger partial charge on any atom is -0.384 e. The Kier molecular flexibility index (Phi) is 4.00. The Labute approximate surface area is 84.3 Å². The average Bonchev–Trinajstić information content (AvgIpc) is 2.18. The van der Waals surface area contributed by atoms with E-state index in [1.807, 2.05) is 13.0 Å². The van der Waals surface area contributed by atoms with Gasteiger partial charge in [0.05, 0.1) is 0 Å². The largest absolute Gasteiger partial charge is 0.384 e. The van der Waals surface area contributed by atoms with Gasteiger partial charge in [0.15, 0.2) is 0 Å². The Morgan fingerprint density at radius 1 is 1.43 bits per heavy atom. The fraction of sp³-hybridized carbons (Fsp3) is 0.333. The summed E-state index contributed by atoms with van der Waals surface area (Å²) in [5.74, 6) is 5.58. The molecular weight excluding hydrogens is 177 g/mol. The fourth-order valence-electron chi connectivity index (χ4n) is 1.10. The number of benzene rings is 1. The van der Waals surface area contributed by atoms with Crippen molar-refractivity contribution in [3.8, 4) is 11.8 Å². The summed E-state index contributed by atoms with van der Waals surface area (Å²) in [6.07, 6.45) is 0.784. The SMILES string of the molecule is CC#CCCNc1ccc(C)c(F)c1. The van der Waals surface area contributed by atoms with Gasteiger partial charge in [0.2, 0.25) is 0 Å². The van der Waals surface area contributed by atoms with Crippen LogP contribution in [-0.4, -0.2) is 6.54 Å². The van der Waals surface area contributed by atoms with Gasteiger partial charge in [-0.2, -0.15) is 0 Å². The van der Waals surface area contributed by atoms with Gasteiger partial charge in [-0.15, -0.1) is 11.8 Å². The van der Waals surface area contributed by atoms with Gasteiger partial charge in [-0.25, -0.2) is 4.39 Å². The molecule has 0 bridgehead atoms. The zero-order valence-electron chi connectivity index (χ0n) is 8.52. The van der Waals surface area contributed by atoms with E-state index in [1.54, 1.807) is 13.0 Å². The number of hydrogen-bond donors (Lipinski definition) is 1. The van der Waals surface area contributed by atoms with Crippen molar-refractivity contribution in [1.82, 2.24) is 0 Å². The molecule has 14 heavy (non-hydrogen) atoms. The Morgan fingerprint density at radius 3 is 2.86 bits per heavy atom. The van der Waals surface area contributed by atoms with Gasteiger partial charge < -0.3 is 5.32 Å². The van der Waals surface area contributed by atoms with Gasteiger partial charge in [0.25, 0.3) is 0 Å². The van der Waals surface area contributed by atoms with Crippen molar-refractivity contribution in [1.29, 1.82) is 0 Å². The average molecular weight is 191 g/mol. The fourth-order valence-corrected chi connectivity index (χ4v) is 1.10. The minimum atomic E-state index is -0.170. The number of nitrogens with one attached hydrogen (secondary N) is 1. The van der Waals surface area contributed by atoms with Gasteiger partial charge in [0, 0.05) is 18.7 Å². The predicted octanol–water partition coefficient (Wildman–Crippen LogP) is 2.96. The van der Waals surface area contributed by atoms with Crippen LogP contribution in [0.1, 0.15) is 18.9 Å². The molecule has 1 aromatic rings. The summed E-state index contributed by atoms with van der Waals surface area (Å²) in [5, 5.41) is 3.10. The van der Waals surface area contributed by atoms with Gasteiger partial charge in [-0.3, -0.25) is 0 Å². The molecule has 0 aliphatic rings. The van der Waals surface area contributed by atoms with E-state index in [0.717, 1.165) is 18.7 Å². The van der Waals surface area contributed by atoms with Crippen LogP contribution in [0, 0.1) is 24.6 Å². The quantitative estimate of drug-likeness (QED) is 0.572. The maximum atomic E-state index is 13.1. The van der Waals surface area contributed by atoms with Gasteiger partial charge in [0.1, 0.15) is 5.82 Å². The summed E-state index contributed by atoms with van der Waals surface area (Å²) in [4.78, 5) is 0. The van der Waals surface area contributed by atoms with Crippen LogP contribution in [0.4, 0.5) is 10.1 Å². The van der Waals surface area contributed by atoms with E-state index in [-0.39, 0.29) is 5.82 Å². The summed E-state index contributed by atoms with van der Waals surface area (Å²) >= 11 is 0. The van der Waals surface area contributed by atoms with Crippen molar-refractivity contribution in [3.05, 3.63) is 29.6 Å². The first-order chi connectivity index (χ1) is 6.74. The van der Waals surface area contributed by atoms with E-state index in [9.17, 15) is 4.39 Å². The lowest BCUT2D eigenvalue weighted by atomic mass is 10.2. The number of halogens is 1. The summed E-state index contributed by atoms with van der Waals surface area (Å²) in [6, 6.07) is 5.15. The molecule has 0 heterocycles. The molecule has 0 amide bonds. The lowest BCUT2D eigenvalue weighted by molar-refractivity contribution is 0.619. The molecule has 0 aromatic heterocycles. The third-order valence-corrected chi connectivity index (χ3v) is 1.93. The third-order valence-electron chi connectivity index (χ3n) is 1.93. The topological polar surface area (TPSA) is 12.0 Å². The van der Waals surface area contributed by atoms with Crippen LogP contribution in [0.3, 0.4) is 0 Å². The van der Waals surface area contributed by atoms with E-state index in [2.05, 4.69) is 17.2 Å². The Balaban J connectivity index is 2.50. The van der Waals surface area contributed by atoms with Crippen LogP contribution in [0.5, 0.6) is 0 Å². The van der Waals surface area contributed by atoms with Crippen molar-refractivity contribution >= 4 is 5.69 Å². The summed E-state index contributed by atoms with van der Waals surface area (Å²) in [6.45, 7) is 4.32. The van der Waals surface area contributed by atoms with Gasteiger partial charge in [-0.05, 0) is 31.5 Å². The molecule has 1 nitrogen and oxygen atoms in total. The molecule has 0 radical (unpaired) electrons. The highest BCUT2D eigenvalue weighted by Gasteiger charge is 1.97. The second kappa shape index (κ2) is 5.29. The van der Waals surface area contributed by atoms with Crippen LogP contribution < -0.4 is 5.32 Å². The maximum absolute atomic E-state index is 13.1. The number of hydrogen-bond acceptors (Lipinski definition) is 1. The molecule has 0 fully saturated rings. The van der Waals surface area contributed by atoms with Crippen molar-refractivity contribution in [2.45, 2.75) is 20.3 Å². The van der Waals surface area contributed by atoms with Crippen LogP contribution in [-0.2, 0) is 0 Å². The van der Waals surface area contributed by atoms with Crippen molar-refractivity contribution < 1.29 is 4.39 Å². The molecule has 1 aromatic carbocycles. The van der Waals surface area contributed by atoms with E-state index in [1.165, 1.54) is 6.07 Å². The number of anilines is 1. The minimum absolute atomic E-state index is 0.170. The Bertz CT molecular complexity index is 360. The molecular formula is C12H14FN. The van der Waals surface area contributed by atoms with Crippen molar-refractivity contribution in [2.24, 2.45) is 0 Å². The van der Waals surface area contributed by atoms with Crippen LogP contribution in [0.15, 0.2) is 18.2 Å². The first kappa shape index (κ1) is 10.6.